The van der Waals surface area contributed by atoms with Gasteiger partial charge in [-0.3, -0.25) is 4.79 Å². The summed E-state index contributed by atoms with van der Waals surface area (Å²) in [7, 11) is -12.7. The van der Waals surface area contributed by atoms with Gasteiger partial charge in [0.05, 0.1) is 22.0 Å². The number of rotatable bonds is 6. The minimum absolute atomic E-state index is 0.0469. The van der Waals surface area contributed by atoms with Crippen LogP contribution in [0.25, 0.3) is 5.13 Å². The first-order chi connectivity index (χ1) is 16.9. The number of carbonyl (C=O) groups excluding carboxylic acids is 1. The summed E-state index contributed by atoms with van der Waals surface area (Å²) < 4.78 is 127. The molecule has 20 heteroatoms. The van der Waals surface area contributed by atoms with Crippen molar-refractivity contribution in [3.8, 4) is 11.2 Å². The monoisotopic (exact) mass is 588 g/mol. The van der Waals surface area contributed by atoms with Gasteiger partial charge in [0, 0.05) is 5.56 Å². The summed E-state index contributed by atoms with van der Waals surface area (Å²) >= 11 is 0.880. The summed E-state index contributed by atoms with van der Waals surface area (Å²) in [6.07, 6.45) is 2.24. The molecule has 0 aliphatic rings. The van der Waals surface area contributed by atoms with E-state index < -0.39 is 58.0 Å². The number of benzene rings is 1. The number of carbonyl (C=O) groups is 1. The quantitative estimate of drug-likeness (QED) is 0.426. The normalized spacial score (nSPS) is 13.7. The average molecular weight is 588 g/mol. The maximum Gasteiger partial charge on any atom is 0.501 e. The van der Waals surface area contributed by atoms with E-state index in [1.807, 2.05) is 6.07 Å². The van der Waals surface area contributed by atoms with E-state index in [1.54, 1.807) is 0 Å². The summed E-state index contributed by atoms with van der Waals surface area (Å²) in [4.78, 5) is 17.0. The topological polar surface area (TPSA) is 165 Å². The van der Waals surface area contributed by atoms with Crippen molar-refractivity contribution < 1.29 is 48.0 Å². The van der Waals surface area contributed by atoms with Crippen molar-refractivity contribution in [2.45, 2.75) is 33.8 Å². The predicted octanol–water partition coefficient (Wildman–Crippen LogP) is 2.67. The second-order valence-corrected chi connectivity index (χ2v) is 11.8. The molecule has 0 aliphatic heterocycles. The van der Waals surface area contributed by atoms with Crippen LogP contribution in [0, 0.1) is 11.3 Å². The first-order valence-corrected chi connectivity index (χ1v) is 13.0. The van der Waals surface area contributed by atoms with Gasteiger partial charge in [-0.15, -0.1) is 0 Å². The Morgan fingerprint density at radius 1 is 1.03 bits per heavy atom. The first kappa shape index (κ1) is 28.0. The van der Waals surface area contributed by atoms with Gasteiger partial charge in [0.15, 0.2) is 5.82 Å². The number of alkyl halides is 6. The summed E-state index contributed by atoms with van der Waals surface area (Å²) in [6, 6.07) is 0.504. The molecule has 2 heterocycles. The number of nitrogens with one attached hydrogen (secondary N) is 1. The van der Waals surface area contributed by atoms with Crippen LogP contribution in [0.15, 0.2) is 40.5 Å². The molecule has 3 rings (SSSR count). The minimum atomic E-state index is -6.35. The Hall–Kier alpha value is -3.57. The van der Waals surface area contributed by atoms with Gasteiger partial charge in [0.25, 0.3) is 25.6 Å². The van der Waals surface area contributed by atoms with Crippen LogP contribution in [-0.4, -0.2) is 53.5 Å². The van der Waals surface area contributed by atoms with Gasteiger partial charge in [-0.1, -0.05) is 11.3 Å². The molecule has 11 nitrogen and oxygen atoms in total. The van der Waals surface area contributed by atoms with Crippen molar-refractivity contribution in [2.24, 2.45) is 0 Å². The molecule has 0 radical (unpaired) electrons. The van der Waals surface area contributed by atoms with E-state index >= 15 is 0 Å². The van der Waals surface area contributed by atoms with Gasteiger partial charge < -0.3 is 5.32 Å². The van der Waals surface area contributed by atoms with E-state index in [2.05, 4.69) is 20.4 Å². The first-order valence-electron chi connectivity index (χ1n) is 9.25. The van der Waals surface area contributed by atoms with Gasteiger partial charge in [-0.25, -0.2) is 26.8 Å². The Labute approximate surface area is 207 Å². The SMILES string of the molecule is C[C@H](NC(=O)c1cc(S(=O)(=O)C(F)(F)F)cc(S(=O)(=O)C(F)(F)F)c1)c1ncnn1-c1ncc(C#N)s1. The number of nitriles is 1. The van der Waals surface area contributed by atoms with E-state index in [0.29, 0.717) is 0 Å². The van der Waals surface area contributed by atoms with Gasteiger partial charge in [0.1, 0.15) is 17.3 Å². The van der Waals surface area contributed by atoms with Crippen LogP contribution in [-0.2, 0) is 19.7 Å². The lowest BCUT2D eigenvalue weighted by Gasteiger charge is -2.16. The number of thiazole rings is 1. The second-order valence-electron chi connectivity index (χ2n) is 6.94. The molecule has 0 saturated heterocycles. The Kier molecular flexibility index (Phi) is 7.10. The van der Waals surface area contributed by atoms with Gasteiger partial charge in [0.2, 0.25) is 5.13 Å². The molecule has 1 N–H and O–H groups in total. The lowest BCUT2D eigenvalue weighted by Crippen LogP contribution is -2.30. The highest BCUT2D eigenvalue weighted by Crippen LogP contribution is 2.36. The number of halogens is 6. The van der Waals surface area contributed by atoms with Crippen molar-refractivity contribution in [1.82, 2.24) is 25.1 Å². The van der Waals surface area contributed by atoms with Crippen LogP contribution in [0.3, 0.4) is 0 Å². The van der Waals surface area contributed by atoms with Crippen molar-refractivity contribution in [3.05, 3.63) is 47.0 Å². The zero-order chi connectivity index (χ0) is 28.0. The molecule has 198 valence electrons. The summed E-state index contributed by atoms with van der Waals surface area (Å²) in [6.45, 7) is 1.28. The highest BCUT2D eigenvalue weighted by atomic mass is 32.2. The Morgan fingerprint density at radius 2 is 1.57 bits per heavy atom. The lowest BCUT2D eigenvalue weighted by atomic mass is 10.2. The minimum Gasteiger partial charge on any atom is -0.342 e. The van der Waals surface area contributed by atoms with Gasteiger partial charge in [-0.2, -0.15) is 41.4 Å². The summed E-state index contributed by atoms with van der Waals surface area (Å²) in [5, 5.41) is 15.1. The van der Waals surface area contributed by atoms with Crippen LogP contribution in [0.4, 0.5) is 26.3 Å². The standard InChI is InChI=1S/C17H10F6N6O5S3/c1-8(13-26-7-27-29(13)15-25-6-10(5-24)35-15)28-14(30)9-2-11(36(31,32)16(18,19)20)4-12(3-9)37(33,34)17(21,22)23/h2-4,6-8H,1H3,(H,28,30)/t8-/m0/s1. The molecule has 2 aromatic heterocycles. The number of sulfone groups is 2. The van der Waals surface area contributed by atoms with Crippen LogP contribution in [0.1, 0.15) is 34.0 Å². The van der Waals surface area contributed by atoms with Crippen LogP contribution >= 0.6 is 11.3 Å². The molecule has 3 aromatic rings. The number of aromatic nitrogens is 4. The molecular formula is C17H10F6N6O5S3. The van der Waals surface area contributed by atoms with Crippen LogP contribution < -0.4 is 5.32 Å². The molecule has 0 unspecified atom stereocenters. The third-order valence-electron chi connectivity index (χ3n) is 4.47. The van der Waals surface area contributed by atoms with Crippen molar-refractivity contribution in [3.63, 3.8) is 0 Å². The summed E-state index contributed by atoms with van der Waals surface area (Å²) in [5.41, 5.74) is -13.2. The fourth-order valence-electron chi connectivity index (χ4n) is 2.73. The third kappa shape index (κ3) is 5.28. The predicted molar refractivity (Wildman–Crippen MR) is 111 cm³/mol. The fraction of sp³-hybridized carbons (Fsp3) is 0.235. The maximum absolute atomic E-state index is 13.0. The van der Waals surface area contributed by atoms with E-state index in [4.69, 9.17) is 5.26 Å². The largest absolute Gasteiger partial charge is 0.501 e. The third-order valence-corrected chi connectivity index (χ3v) is 8.28. The van der Waals surface area contributed by atoms with Crippen molar-refractivity contribution >= 4 is 36.9 Å². The maximum atomic E-state index is 13.0. The summed E-state index contributed by atoms with van der Waals surface area (Å²) in [5.74, 6) is -1.48. The van der Waals surface area contributed by atoms with Crippen LogP contribution in [0.2, 0.25) is 0 Å². The van der Waals surface area contributed by atoms with Crippen molar-refractivity contribution in [1.29, 1.82) is 5.26 Å². The lowest BCUT2D eigenvalue weighted by molar-refractivity contribution is -0.0438. The number of nitrogens with zero attached hydrogens (tertiary/aromatic N) is 5. The zero-order valence-electron chi connectivity index (χ0n) is 17.7. The van der Waals surface area contributed by atoms with E-state index in [1.165, 1.54) is 13.1 Å². The highest BCUT2D eigenvalue weighted by Gasteiger charge is 2.50. The number of hydrogen-bond acceptors (Lipinski definition) is 10. The van der Waals surface area contributed by atoms with Gasteiger partial charge in [-0.05, 0) is 25.1 Å². The Morgan fingerprint density at radius 3 is 2.03 bits per heavy atom. The van der Waals surface area contributed by atoms with Crippen LogP contribution in [0.5, 0.6) is 0 Å². The van der Waals surface area contributed by atoms with E-state index in [9.17, 15) is 48.0 Å². The molecule has 37 heavy (non-hydrogen) atoms. The van der Waals surface area contributed by atoms with E-state index in [-0.39, 0.29) is 34.0 Å². The second kappa shape index (κ2) is 9.38. The molecule has 1 atom stereocenters. The smallest absolute Gasteiger partial charge is 0.342 e. The molecular weight excluding hydrogens is 578 g/mol. The van der Waals surface area contributed by atoms with E-state index in [0.717, 1.165) is 22.3 Å². The highest BCUT2D eigenvalue weighted by molar-refractivity contribution is 7.93. The molecule has 0 fully saturated rings. The number of hydrogen-bond donors (Lipinski definition) is 1. The zero-order valence-corrected chi connectivity index (χ0v) is 20.2. The molecule has 1 amide bonds. The Bertz CT molecular complexity index is 1560. The molecule has 1 aromatic carbocycles. The average Bonchev–Trinajstić information content (AvgIpc) is 3.46. The molecule has 0 bridgehead atoms. The molecule has 0 aliphatic carbocycles. The van der Waals surface area contributed by atoms with Crippen molar-refractivity contribution in [2.75, 3.05) is 0 Å². The number of amides is 1. The Balaban J connectivity index is 2.06. The molecule has 0 spiro atoms. The molecule has 0 saturated carbocycles. The van der Waals surface area contributed by atoms with Gasteiger partial charge >= 0.3 is 11.0 Å². The fourth-order valence-corrected chi connectivity index (χ4v) is 5.15.